The minimum atomic E-state index is -0.318. The van der Waals surface area contributed by atoms with Gasteiger partial charge in [0.1, 0.15) is 5.76 Å². The van der Waals surface area contributed by atoms with Crippen LogP contribution in [0.2, 0.25) is 0 Å². The molecule has 1 aromatic rings. The number of aliphatic hydroxyl groups excluding tert-OH is 1. The fourth-order valence-corrected chi connectivity index (χ4v) is 3.07. The molecule has 96 valence electrons. The van der Waals surface area contributed by atoms with E-state index in [1.807, 2.05) is 6.07 Å². The summed E-state index contributed by atoms with van der Waals surface area (Å²) in [6.45, 7) is 4.34. The van der Waals surface area contributed by atoms with E-state index in [0.29, 0.717) is 5.92 Å². The highest BCUT2D eigenvalue weighted by Gasteiger charge is 2.28. The SMILES string of the molecule is CCc1occc1C(O)C1CCC(CC)CC1. The van der Waals surface area contributed by atoms with Gasteiger partial charge in [-0.25, -0.2) is 0 Å². The molecule has 1 atom stereocenters. The molecule has 2 rings (SSSR count). The summed E-state index contributed by atoms with van der Waals surface area (Å²) in [5.41, 5.74) is 1.02. The van der Waals surface area contributed by atoms with Crippen LogP contribution in [0.4, 0.5) is 0 Å². The van der Waals surface area contributed by atoms with Gasteiger partial charge >= 0.3 is 0 Å². The zero-order chi connectivity index (χ0) is 12.3. The van der Waals surface area contributed by atoms with E-state index in [-0.39, 0.29) is 6.10 Å². The van der Waals surface area contributed by atoms with E-state index < -0.39 is 0 Å². The first-order valence-electron chi connectivity index (χ1n) is 7.00. The normalized spacial score (nSPS) is 27.0. The van der Waals surface area contributed by atoms with Gasteiger partial charge in [0.25, 0.3) is 0 Å². The summed E-state index contributed by atoms with van der Waals surface area (Å²) in [6.07, 6.45) is 8.41. The second-order valence-electron chi connectivity index (χ2n) is 5.29. The lowest BCUT2D eigenvalue weighted by Gasteiger charge is -2.31. The minimum Gasteiger partial charge on any atom is -0.469 e. The zero-order valence-corrected chi connectivity index (χ0v) is 11.0. The van der Waals surface area contributed by atoms with E-state index in [0.717, 1.165) is 36.5 Å². The van der Waals surface area contributed by atoms with E-state index >= 15 is 0 Å². The van der Waals surface area contributed by atoms with E-state index in [9.17, 15) is 5.11 Å². The highest BCUT2D eigenvalue weighted by atomic mass is 16.3. The maximum atomic E-state index is 10.4. The van der Waals surface area contributed by atoms with Crippen LogP contribution in [0.25, 0.3) is 0 Å². The predicted octanol–water partition coefficient (Wildman–Crippen LogP) is 4.09. The molecular formula is C15H24O2. The van der Waals surface area contributed by atoms with Gasteiger partial charge in [-0.2, -0.15) is 0 Å². The first-order chi connectivity index (χ1) is 8.26. The average molecular weight is 236 g/mol. The van der Waals surface area contributed by atoms with Crippen LogP contribution in [-0.2, 0) is 6.42 Å². The molecular weight excluding hydrogens is 212 g/mol. The van der Waals surface area contributed by atoms with E-state index in [1.165, 1.54) is 19.3 Å². The standard InChI is InChI=1S/C15H24O2/c1-3-11-5-7-12(8-6-11)15(16)13-9-10-17-14(13)4-2/h9-12,15-16H,3-8H2,1-2H3. The Kier molecular flexibility index (Phi) is 4.27. The molecule has 0 bridgehead atoms. The van der Waals surface area contributed by atoms with Crippen molar-refractivity contribution in [3.8, 4) is 0 Å². The molecule has 0 amide bonds. The summed E-state index contributed by atoms with van der Waals surface area (Å²) in [6, 6.07) is 1.94. The molecule has 1 aromatic heterocycles. The van der Waals surface area contributed by atoms with Crippen LogP contribution in [-0.4, -0.2) is 5.11 Å². The lowest BCUT2D eigenvalue weighted by molar-refractivity contribution is 0.0715. The summed E-state index contributed by atoms with van der Waals surface area (Å²) in [5, 5.41) is 10.4. The zero-order valence-electron chi connectivity index (χ0n) is 11.0. The quantitative estimate of drug-likeness (QED) is 0.854. The Balaban J connectivity index is 1.99. The maximum Gasteiger partial charge on any atom is 0.109 e. The van der Waals surface area contributed by atoms with Crippen LogP contribution in [0, 0.1) is 11.8 Å². The van der Waals surface area contributed by atoms with Crippen molar-refractivity contribution in [1.29, 1.82) is 0 Å². The molecule has 0 radical (unpaired) electrons. The lowest BCUT2D eigenvalue weighted by Crippen LogP contribution is -2.20. The molecule has 0 saturated heterocycles. The molecule has 0 aromatic carbocycles. The second-order valence-corrected chi connectivity index (χ2v) is 5.29. The van der Waals surface area contributed by atoms with E-state index in [2.05, 4.69) is 13.8 Å². The van der Waals surface area contributed by atoms with Gasteiger partial charge in [-0.3, -0.25) is 0 Å². The van der Waals surface area contributed by atoms with Gasteiger partial charge in [0, 0.05) is 12.0 Å². The molecule has 1 aliphatic carbocycles. The molecule has 1 unspecified atom stereocenters. The van der Waals surface area contributed by atoms with E-state index in [4.69, 9.17) is 4.42 Å². The third kappa shape index (κ3) is 2.74. The van der Waals surface area contributed by atoms with Crippen LogP contribution < -0.4 is 0 Å². The van der Waals surface area contributed by atoms with Crippen molar-refractivity contribution < 1.29 is 9.52 Å². The van der Waals surface area contributed by atoms with E-state index in [1.54, 1.807) is 6.26 Å². The summed E-state index contributed by atoms with van der Waals surface area (Å²) >= 11 is 0. The number of hydrogen-bond donors (Lipinski definition) is 1. The van der Waals surface area contributed by atoms with Crippen molar-refractivity contribution in [3.05, 3.63) is 23.7 Å². The van der Waals surface area contributed by atoms with Crippen LogP contribution in [0.5, 0.6) is 0 Å². The molecule has 1 fully saturated rings. The molecule has 17 heavy (non-hydrogen) atoms. The first-order valence-corrected chi connectivity index (χ1v) is 7.00. The van der Waals surface area contributed by atoms with Crippen molar-refractivity contribution in [2.75, 3.05) is 0 Å². The summed E-state index contributed by atoms with van der Waals surface area (Å²) in [4.78, 5) is 0. The van der Waals surface area contributed by atoms with Gasteiger partial charge in [-0.15, -0.1) is 0 Å². The Morgan fingerprint density at radius 2 is 2.00 bits per heavy atom. The fraction of sp³-hybridized carbons (Fsp3) is 0.733. The van der Waals surface area contributed by atoms with Crippen molar-refractivity contribution >= 4 is 0 Å². The molecule has 1 aliphatic rings. The van der Waals surface area contributed by atoms with Crippen molar-refractivity contribution in [2.24, 2.45) is 11.8 Å². The van der Waals surface area contributed by atoms with Gasteiger partial charge in [0.2, 0.25) is 0 Å². The van der Waals surface area contributed by atoms with Crippen LogP contribution in [0.1, 0.15) is 63.4 Å². The number of rotatable bonds is 4. The lowest BCUT2D eigenvalue weighted by atomic mass is 9.77. The molecule has 0 spiro atoms. The summed E-state index contributed by atoms with van der Waals surface area (Å²) < 4.78 is 5.41. The van der Waals surface area contributed by atoms with Crippen LogP contribution in [0.15, 0.2) is 16.7 Å². The van der Waals surface area contributed by atoms with Gasteiger partial charge in [-0.1, -0.05) is 33.1 Å². The van der Waals surface area contributed by atoms with Crippen LogP contribution >= 0.6 is 0 Å². The highest BCUT2D eigenvalue weighted by molar-refractivity contribution is 5.20. The predicted molar refractivity (Wildman–Crippen MR) is 68.8 cm³/mol. The van der Waals surface area contributed by atoms with Crippen molar-refractivity contribution in [2.45, 2.75) is 58.5 Å². The molecule has 0 aliphatic heterocycles. The van der Waals surface area contributed by atoms with Gasteiger partial charge in [0.05, 0.1) is 12.4 Å². The number of furan rings is 1. The Labute approximate surface area is 104 Å². The first kappa shape index (κ1) is 12.7. The number of aliphatic hydroxyl groups is 1. The third-order valence-corrected chi connectivity index (χ3v) is 4.33. The molecule has 2 nitrogen and oxygen atoms in total. The molecule has 2 heteroatoms. The average Bonchev–Trinajstić information content (AvgIpc) is 2.86. The Morgan fingerprint density at radius 3 is 2.59 bits per heavy atom. The Hall–Kier alpha value is -0.760. The fourth-order valence-electron chi connectivity index (χ4n) is 3.07. The molecule has 1 saturated carbocycles. The smallest absolute Gasteiger partial charge is 0.109 e. The van der Waals surface area contributed by atoms with Crippen molar-refractivity contribution in [1.82, 2.24) is 0 Å². The second kappa shape index (κ2) is 5.72. The molecule has 1 N–H and O–H groups in total. The van der Waals surface area contributed by atoms with Gasteiger partial charge in [0.15, 0.2) is 0 Å². The number of aryl methyl sites for hydroxylation is 1. The maximum absolute atomic E-state index is 10.4. The van der Waals surface area contributed by atoms with Gasteiger partial charge < -0.3 is 9.52 Å². The Morgan fingerprint density at radius 1 is 1.29 bits per heavy atom. The minimum absolute atomic E-state index is 0.318. The monoisotopic (exact) mass is 236 g/mol. The summed E-state index contributed by atoms with van der Waals surface area (Å²) in [7, 11) is 0. The van der Waals surface area contributed by atoms with Crippen molar-refractivity contribution in [3.63, 3.8) is 0 Å². The molecule has 1 heterocycles. The van der Waals surface area contributed by atoms with Gasteiger partial charge in [-0.05, 0) is 30.7 Å². The number of hydrogen-bond acceptors (Lipinski definition) is 2. The highest BCUT2D eigenvalue weighted by Crippen LogP contribution is 2.38. The topological polar surface area (TPSA) is 33.4 Å². The largest absolute Gasteiger partial charge is 0.469 e. The van der Waals surface area contributed by atoms with Crippen LogP contribution in [0.3, 0.4) is 0 Å². The Bertz CT molecular complexity index is 334. The third-order valence-electron chi connectivity index (χ3n) is 4.33. The summed E-state index contributed by atoms with van der Waals surface area (Å²) in [5.74, 6) is 2.27.